The quantitative estimate of drug-likeness (QED) is 0.796. The van der Waals surface area contributed by atoms with Crippen molar-refractivity contribution in [2.75, 3.05) is 18.4 Å². The fraction of sp³-hybridized carbons (Fsp3) is 0.308. The van der Waals surface area contributed by atoms with Crippen LogP contribution in [0.2, 0.25) is 0 Å². The number of aryl methyl sites for hydroxylation is 2. The molecule has 0 unspecified atom stereocenters. The molecule has 0 atom stereocenters. The zero-order valence-corrected chi connectivity index (χ0v) is 10.5. The van der Waals surface area contributed by atoms with E-state index in [1.165, 1.54) is 0 Å². The third kappa shape index (κ3) is 1.77. The van der Waals surface area contributed by atoms with Crippen molar-refractivity contribution < 1.29 is 0 Å². The van der Waals surface area contributed by atoms with Gasteiger partial charge < -0.3 is 10.6 Å². The van der Waals surface area contributed by atoms with E-state index < -0.39 is 0 Å². The van der Waals surface area contributed by atoms with Gasteiger partial charge in [0.25, 0.3) is 0 Å². The monoisotopic (exact) mass is 241 g/mol. The van der Waals surface area contributed by atoms with Crippen LogP contribution in [0, 0.1) is 13.8 Å². The molecule has 18 heavy (non-hydrogen) atoms. The van der Waals surface area contributed by atoms with E-state index in [0.29, 0.717) is 0 Å². The van der Waals surface area contributed by atoms with Crippen molar-refractivity contribution in [2.45, 2.75) is 13.8 Å². The fourth-order valence-electron chi connectivity index (χ4n) is 2.16. The fourth-order valence-corrected chi connectivity index (χ4v) is 2.16. The Kier molecular flexibility index (Phi) is 2.59. The SMILES string of the molecule is Cc1cc(NC2=NCCN2)c(C)c2nccnc12. The number of nitrogens with one attached hydrogen (secondary N) is 2. The summed E-state index contributed by atoms with van der Waals surface area (Å²) in [6.07, 6.45) is 3.45. The first kappa shape index (κ1) is 11.0. The Balaban J connectivity index is 2.09. The predicted octanol–water partition coefficient (Wildman–Crippen LogP) is 1.62. The molecule has 5 heteroatoms. The van der Waals surface area contributed by atoms with Crippen molar-refractivity contribution in [3.8, 4) is 0 Å². The second-order valence-corrected chi connectivity index (χ2v) is 4.40. The second kappa shape index (κ2) is 4.25. The molecule has 0 amide bonds. The van der Waals surface area contributed by atoms with Gasteiger partial charge in [-0.2, -0.15) is 0 Å². The zero-order chi connectivity index (χ0) is 12.5. The molecule has 1 aromatic carbocycles. The molecular weight excluding hydrogens is 226 g/mol. The lowest BCUT2D eigenvalue weighted by Crippen LogP contribution is -2.26. The molecule has 0 aliphatic carbocycles. The topological polar surface area (TPSA) is 62.2 Å². The summed E-state index contributed by atoms with van der Waals surface area (Å²) in [4.78, 5) is 13.1. The highest BCUT2D eigenvalue weighted by molar-refractivity contribution is 5.98. The van der Waals surface area contributed by atoms with Gasteiger partial charge in [-0.3, -0.25) is 15.0 Å². The first-order valence-electron chi connectivity index (χ1n) is 6.02. The number of benzene rings is 1. The van der Waals surface area contributed by atoms with Crippen LogP contribution >= 0.6 is 0 Å². The molecule has 5 nitrogen and oxygen atoms in total. The molecule has 2 N–H and O–H groups in total. The van der Waals surface area contributed by atoms with Crippen LogP contribution in [-0.4, -0.2) is 29.0 Å². The van der Waals surface area contributed by atoms with Gasteiger partial charge >= 0.3 is 0 Å². The van der Waals surface area contributed by atoms with Gasteiger partial charge in [0, 0.05) is 30.2 Å². The van der Waals surface area contributed by atoms with E-state index in [1.807, 2.05) is 13.8 Å². The smallest absolute Gasteiger partial charge is 0.195 e. The lowest BCUT2D eigenvalue weighted by molar-refractivity contribution is 0.959. The van der Waals surface area contributed by atoms with Crippen LogP contribution in [-0.2, 0) is 0 Å². The summed E-state index contributed by atoms with van der Waals surface area (Å²) in [5.41, 5.74) is 5.15. The van der Waals surface area contributed by atoms with Crippen molar-refractivity contribution >= 4 is 22.7 Å². The number of hydrogen-bond donors (Lipinski definition) is 2. The Morgan fingerprint density at radius 2 is 1.94 bits per heavy atom. The van der Waals surface area contributed by atoms with Crippen LogP contribution in [0.25, 0.3) is 11.0 Å². The molecule has 0 saturated heterocycles. The molecule has 1 aliphatic heterocycles. The van der Waals surface area contributed by atoms with Crippen molar-refractivity contribution in [1.29, 1.82) is 0 Å². The number of anilines is 1. The average molecular weight is 241 g/mol. The summed E-state index contributed by atoms with van der Waals surface area (Å²) in [5, 5.41) is 6.52. The van der Waals surface area contributed by atoms with Gasteiger partial charge in [-0.25, -0.2) is 0 Å². The van der Waals surface area contributed by atoms with E-state index >= 15 is 0 Å². The van der Waals surface area contributed by atoms with E-state index in [2.05, 4.69) is 31.7 Å². The molecule has 0 fully saturated rings. The molecule has 2 heterocycles. The number of rotatable bonds is 1. The summed E-state index contributed by atoms with van der Waals surface area (Å²) in [5.74, 6) is 0.834. The van der Waals surface area contributed by atoms with Crippen LogP contribution < -0.4 is 10.6 Å². The molecule has 0 saturated carbocycles. The van der Waals surface area contributed by atoms with Crippen LogP contribution in [0.4, 0.5) is 5.69 Å². The molecule has 92 valence electrons. The van der Waals surface area contributed by atoms with Crippen LogP contribution in [0.1, 0.15) is 11.1 Å². The number of nitrogens with zero attached hydrogens (tertiary/aromatic N) is 3. The molecule has 3 rings (SSSR count). The normalized spacial score (nSPS) is 14.4. The van der Waals surface area contributed by atoms with Gasteiger partial charge in [-0.15, -0.1) is 0 Å². The highest BCUT2D eigenvalue weighted by Gasteiger charge is 2.11. The molecule has 1 aromatic heterocycles. The van der Waals surface area contributed by atoms with E-state index in [9.17, 15) is 0 Å². The Labute approximate surface area is 105 Å². The average Bonchev–Trinajstić information content (AvgIpc) is 2.89. The summed E-state index contributed by atoms with van der Waals surface area (Å²) in [6.45, 7) is 5.82. The summed E-state index contributed by atoms with van der Waals surface area (Å²) in [6, 6.07) is 2.09. The highest BCUT2D eigenvalue weighted by Crippen LogP contribution is 2.25. The van der Waals surface area contributed by atoms with Gasteiger partial charge in [0.2, 0.25) is 0 Å². The Morgan fingerprint density at radius 1 is 1.17 bits per heavy atom. The number of fused-ring (bicyclic) bond motifs is 1. The molecular formula is C13H15N5. The first-order chi connectivity index (χ1) is 8.75. The molecule has 0 spiro atoms. The lowest BCUT2D eigenvalue weighted by atomic mass is 10.1. The van der Waals surface area contributed by atoms with Gasteiger partial charge in [-0.1, -0.05) is 0 Å². The van der Waals surface area contributed by atoms with E-state index in [0.717, 1.165) is 46.9 Å². The maximum absolute atomic E-state index is 4.41. The third-order valence-corrected chi connectivity index (χ3v) is 3.12. The van der Waals surface area contributed by atoms with Crippen molar-refractivity contribution in [2.24, 2.45) is 4.99 Å². The molecule has 0 bridgehead atoms. The second-order valence-electron chi connectivity index (χ2n) is 4.40. The van der Waals surface area contributed by atoms with Gasteiger partial charge in [0.1, 0.15) is 0 Å². The number of aromatic nitrogens is 2. The summed E-state index contributed by atoms with van der Waals surface area (Å²) in [7, 11) is 0. The van der Waals surface area contributed by atoms with E-state index in [-0.39, 0.29) is 0 Å². The van der Waals surface area contributed by atoms with Gasteiger partial charge in [-0.05, 0) is 25.5 Å². The number of aliphatic imine (C=N–C) groups is 1. The number of hydrogen-bond acceptors (Lipinski definition) is 5. The molecule has 0 radical (unpaired) electrons. The Hall–Kier alpha value is -2.17. The van der Waals surface area contributed by atoms with E-state index in [1.54, 1.807) is 12.4 Å². The molecule has 1 aliphatic rings. The summed E-state index contributed by atoms with van der Waals surface area (Å²) < 4.78 is 0. The maximum Gasteiger partial charge on any atom is 0.195 e. The van der Waals surface area contributed by atoms with E-state index in [4.69, 9.17) is 0 Å². The van der Waals surface area contributed by atoms with Crippen molar-refractivity contribution in [3.05, 3.63) is 29.6 Å². The Bertz CT molecular complexity index is 633. The Morgan fingerprint density at radius 3 is 2.67 bits per heavy atom. The van der Waals surface area contributed by atoms with Crippen LogP contribution in [0.15, 0.2) is 23.5 Å². The van der Waals surface area contributed by atoms with Gasteiger partial charge in [0.15, 0.2) is 5.96 Å². The summed E-state index contributed by atoms with van der Waals surface area (Å²) >= 11 is 0. The lowest BCUT2D eigenvalue weighted by Gasteiger charge is -2.12. The minimum Gasteiger partial charge on any atom is -0.354 e. The highest BCUT2D eigenvalue weighted by atomic mass is 15.2. The zero-order valence-electron chi connectivity index (χ0n) is 10.5. The number of guanidine groups is 1. The molecule has 2 aromatic rings. The van der Waals surface area contributed by atoms with Crippen LogP contribution in [0.3, 0.4) is 0 Å². The minimum atomic E-state index is 0.827. The van der Waals surface area contributed by atoms with Crippen LogP contribution in [0.5, 0.6) is 0 Å². The minimum absolute atomic E-state index is 0.827. The van der Waals surface area contributed by atoms with Gasteiger partial charge in [0.05, 0.1) is 17.6 Å². The van der Waals surface area contributed by atoms with Crippen molar-refractivity contribution in [3.63, 3.8) is 0 Å². The largest absolute Gasteiger partial charge is 0.354 e. The standard InChI is InChI=1S/C13H15N5/c1-8-7-10(18-13-16-5-6-17-13)9(2)12-11(8)14-3-4-15-12/h3-4,7H,5-6H2,1-2H3,(H2,16,17,18). The predicted molar refractivity (Wildman–Crippen MR) is 72.9 cm³/mol. The third-order valence-electron chi connectivity index (χ3n) is 3.12. The first-order valence-corrected chi connectivity index (χ1v) is 6.02. The maximum atomic E-state index is 4.41. The van der Waals surface area contributed by atoms with Crippen molar-refractivity contribution in [1.82, 2.24) is 15.3 Å².